The number of benzene rings is 2. The molecule has 1 unspecified atom stereocenters. The molecule has 0 aliphatic heterocycles. The molecular weight excluding hydrogens is 368 g/mol. The molecule has 2 aromatic rings. The number of carbonyl (C=O) groups is 2. The highest BCUT2D eigenvalue weighted by Gasteiger charge is 2.28. The van der Waals surface area contributed by atoms with Crippen molar-refractivity contribution in [2.75, 3.05) is 13.7 Å². The Kier molecular flexibility index (Phi) is 7.65. The van der Waals surface area contributed by atoms with Gasteiger partial charge in [0.05, 0.1) is 7.11 Å². The number of rotatable bonds is 8. The third-order valence-electron chi connectivity index (χ3n) is 4.26. The van der Waals surface area contributed by atoms with Crippen LogP contribution in [0.25, 0.3) is 0 Å². The van der Waals surface area contributed by atoms with Crippen LogP contribution in [0.3, 0.4) is 0 Å². The number of hydrogen-bond donors (Lipinski definition) is 1. The van der Waals surface area contributed by atoms with Crippen LogP contribution >= 0.6 is 0 Å². The van der Waals surface area contributed by atoms with Crippen molar-refractivity contribution in [1.82, 2.24) is 10.2 Å². The first kappa shape index (κ1) is 22.3. The molecule has 2 rings (SSSR count). The molecule has 156 valence electrons. The molecule has 0 saturated carbocycles. The number of para-hydroxylation sites is 1. The maximum Gasteiger partial charge on any atom is 0.261 e. The van der Waals surface area contributed by atoms with Gasteiger partial charge in [0.15, 0.2) is 6.61 Å². The topological polar surface area (TPSA) is 67.9 Å². The Labute approximate surface area is 172 Å². The van der Waals surface area contributed by atoms with Crippen molar-refractivity contribution in [1.29, 1.82) is 0 Å². The predicted molar refractivity (Wildman–Crippen MR) is 113 cm³/mol. The lowest BCUT2D eigenvalue weighted by atomic mass is 10.1. The molecule has 1 N–H and O–H groups in total. The Bertz CT molecular complexity index is 815. The number of carbonyl (C=O) groups excluding carboxylic acids is 2. The monoisotopic (exact) mass is 398 g/mol. The zero-order valence-electron chi connectivity index (χ0n) is 17.8. The number of nitrogens with one attached hydrogen (secondary N) is 1. The van der Waals surface area contributed by atoms with Crippen LogP contribution in [-0.4, -0.2) is 42.0 Å². The van der Waals surface area contributed by atoms with Gasteiger partial charge in [-0.05, 0) is 57.5 Å². The fraction of sp³-hybridized carbons (Fsp3) is 0.391. The van der Waals surface area contributed by atoms with E-state index in [9.17, 15) is 9.59 Å². The molecule has 0 aliphatic rings. The highest BCUT2D eigenvalue weighted by molar-refractivity contribution is 5.88. The molecule has 0 aromatic heterocycles. The molecule has 0 bridgehead atoms. The van der Waals surface area contributed by atoms with Crippen LogP contribution in [0.4, 0.5) is 0 Å². The minimum atomic E-state index is -0.660. The second kappa shape index (κ2) is 9.96. The summed E-state index contributed by atoms with van der Waals surface area (Å²) >= 11 is 0. The lowest BCUT2D eigenvalue weighted by molar-refractivity contribution is -0.142. The summed E-state index contributed by atoms with van der Waals surface area (Å²) in [5.74, 6) is 0.817. The normalized spacial score (nSPS) is 12.0. The maximum atomic E-state index is 13.0. The van der Waals surface area contributed by atoms with Gasteiger partial charge in [-0.3, -0.25) is 9.59 Å². The zero-order chi connectivity index (χ0) is 21.4. The van der Waals surface area contributed by atoms with Crippen LogP contribution in [0, 0.1) is 0 Å². The lowest BCUT2D eigenvalue weighted by Crippen LogP contribution is -2.53. The Morgan fingerprint density at radius 2 is 1.69 bits per heavy atom. The van der Waals surface area contributed by atoms with Crippen LogP contribution in [0.15, 0.2) is 54.6 Å². The summed E-state index contributed by atoms with van der Waals surface area (Å²) < 4.78 is 10.9. The van der Waals surface area contributed by atoms with E-state index in [-0.39, 0.29) is 25.0 Å². The third kappa shape index (κ3) is 7.14. The molecule has 6 heteroatoms. The molecule has 0 saturated heterocycles. The fourth-order valence-electron chi connectivity index (χ4n) is 2.77. The predicted octanol–water partition coefficient (Wildman–Crippen LogP) is 3.41. The van der Waals surface area contributed by atoms with Gasteiger partial charge in [0.1, 0.15) is 17.5 Å². The largest absolute Gasteiger partial charge is 0.497 e. The standard InChI is InChI=1S/C23H30N2O4/c1-17(22(27)24-23(2,3)4)25(15-18-10-9-13-20(14-18)28-5)21(26)16-29-19-11-7-6-8-12-19/h6-14,17H,15-16H2,1-5H3,(H,24,27). The van der Waals surface area contributed by atoms with E-state index >= 15 is 0 Å². The van der Waals surface area contributed by atoms with Crippen molar-refractivity contribution in [2.24, 2.45) is 0 Å². The number of ether oxygens (including phenoxy) is 2. The van der Waals surface area contributed by atoms with E-state index in [2.05, 4.69) is 5.32 Å². The summed E-state index contributed by atoms with van der Waals surface area (Å²) in [4.78, 5) is 27.2. The van der Waals surface area contributed by atoms with E-state index in [0.29, 0.717) is 11.5 Å². The number of methoxy groups -OCH3 is 1. The third-order valence-corrected chi connectivity index (χ3v) is 4.26. The highest BCUT2D eigenvalue weighted by Crippen LogP contribution is 2.17. The molecule has 0 fully saturated rings. The minimum Gasteiger partial charge on any atom is -0.497 e. The van der Waals surface area contributed by atoms with Crippen molar-refractivity contribution in [3.63, 3.8) is 0 Å². The van der Waals surface area contributed by atoms with Crippen molar-refractivity contribution in [2.45, 2.75) is 45.8 Å². The second-order valence-corrected chi connectivity index (χ2v) is 7.89. The summed E-state index contributed by atoms with van der Waals surface area (Å²) in [6.07, 6.45) is 0. The quantitative estimate of drug-likeness (QED) is 0.740. The van der Waals surface area contributed by atoms with Gasteiger partial charge in [-0.15, -0.1) is 0 Å². The van der Waals surface area contributed by atoms with Crippen LogP contribution in [0.1, 0.15) is 33.3 Å². The number of hydrogen-bond acceptors (Lipinski definition) is 4. The minimum absolute atomic E-state index is 0.152. The maximum absolute atomic E-state index is 13.0. The Balaban J connectivity index is 2.18. The van der Waals surface area contributed by atoms with E-state index in [4.69, 9.17) is 9.47 Å². The molecule has 29 heavy (non-hydrogen) atoms. The van der Waals surface area contributed by atoms with Gasteiger partial charge in [0.25, 0.3) is 5.91 Å². The highest BCUT2D eigenvalue weighted by atomic mass is 16.5. The molecule has 0 spiro atoms. The molecule has 6 nitrogen and oxygen atoms in total. The molecule has 0 aliphatic carbocycles. The van der Waals surface area contributed by atoms with Crippen LogP contribution < -0.4 is 14.8 Å². The van der Waals surface area contributed by atoms with Crippen LogP contribution in [-0.2, 0) is 16.1 Å². The Hall–Kier alpha value is -3.02. The van der Waals surface area contributed by atoms with E-state index < -0.39 is 11.6 Å². The van der Waals surface area contributed by atoms with Gasteiger partial charge in [-0.1, -0.05) is 30.3 Å². The van der Waals surface area contributed by atoms with Crippen molar-refractivity contribution in [3.05, 3.63) is 60.2 Å². The number of nitrogens with zero attached hydrogens (tertiary/aromatic N) is 1. The summed E-state index contributed by atoms with van der Waals surface area (Å²) in [6.45, 7) is 7.56. The SMILES string of the molecule is COc1cccc(CN(C(=O)COc2ccccc2)C(C)C(=O)NC(C)(C)C)c1. The Morgan fingerprint density at radius 1 is 1.03 bits per heavy atom. The molecule has 2 amide bonds. The average Bonchev–Trinajstić information content (AvgIpc) is 2.69. The first-order valence-electron chi connectivity index (χ1n) is 9.62. The summed E-state index contributed by atoms with van der Waals surface area (Å²) in [5, 5.41) is 2.94. The van der Waals surface area contributed by atoms with E-state index in [1.807, 2.05) is 63.2 Å². The lowest BCUT2D eigenvalue weighted by Gasteiger charge is -2.31. The first-order valence-corrected chi connectivity index (χ1v) is 9.62. The number of amides is 2. The summed E-state index contributed by atoms with van der Waals surface area (Å²) in [7, 11) is 1.59. The smallest absolute Gasteiger partial charge is 0.261 e. The van der Waals surface area contributed by atoms with Gasteiger partial charge in [0, 0.05) is 12.1 Å². The molecule has 0 heterocycles. The van der Waals surface area contributed by atoms with Crippen molar-refractivity contribution in [3.8, 4) is 11.5 Å². The van der Waals surface area contributed by atoms with E-state index in [1.165, 1.54) is 4.90 Å². The van der Waals surface area contributed by atoms with Gasteiger partial charge in [-0.2, -0.15) is 0 Å². The van der Waals surface area contributed by atoms with E-state index in [0.717, 1.165) is 5.56 Å². The van der Waals surface area contributed by atoms with E-state index in [1.54, 1.807) is 26.2 Å². The van der Waals surface area contributed by atoms with Gasteiger partial charge >= 0.3 is 0 Å². The van der Waals surface area contributed by atoms with Crippen LogP contribution in [0.5, 0.6) is 11.5 Å². The molecule has 2 aromatic carbocycles. The van der Waals surface area contributed by atoms with Crippen molar-refractivity contribution < 1.29 is 19.1 Å². The first-order chi connectivity index (χ1) is 13.7. The average molecular weight is 399 g/mol. The molecular formula is C23H30N2O4. The second-order valence-electron chi connectivity index (χ2n) is 7.89. The van der Waals surface area contributed by atoms with Gasteiger partial charge < -0.3 is 19.7 Å². The molecule has 0 radical (unpaired) electrons. The zero-order valence-corrected chi connectivity index (χ0v) is 17.8. The van der Waals surface area contributed by atoms with Gasteiger partial charge in [0.2, 0.25) is 5.91 Å². The summed E-state index contributed by atoms with van der Waals surface area (Å²) in [6, 6.07) is 15.9. The van der Waals surface area contributed by atoms with Gasteiger partial charge in [-0.25, -0.2) is 0 Å². The van der Waals surface area contributed by atoms with Crippen LogP contribution in [0.2, 0.25) is 0 Å². The van der Waals surface area contributed by atoms with Crippen molar-refractivity contribution >= 4 is 11.8 Å². The fourth-order valence-corrected chi connectivity index (χ4v) is 2.77. The molecule has 1 atom stereocenters. The summed E-state index contributed by atoms with van der Waals surface area (Å²) in [5.41, 5.74) is 0.476. The Morgan fingerprint density at radius 3 is 2.31 bits per heavy atom.